The van der Waals surface area contributed by atoms with Gasteiger partial charge >= 0.3 is 0 Å². The van der Waals surface area contributed by atoms with Crippen molar-refractivity contribution in [1.82, 2.24) is 9.62 Å². The Morgan fingerprint density at radius 3 is 2.33 bits per heavy atom. The number of rotatable bonds is 12. The summed E-state index contributed by atoms with van der Waals surface area (Å²) >= 11 is 5.92. The van der Waals surface area contributed by atoms with Crippen LogP contribution in [0.15, 0.2) is 53.4 Å². The number of halogens is 1. The van der Waals surface area contributed by atoms with Crippen molar-refractivity contribution in [2.45, 2.75) is 37.8 Å². The number of hydrogen-bond acceptors (Lipinski definition) is 5. The Kier molecular flexibility index (Phi) is 9.85. The van der Waals surface area contributed by atoms with Gasteiger partial charge in [-0.05, 0) is 48.2 Å². The minimum atomic E-state index is -4.15. The van der Waals surface area contributed by atoms with Gasteiger partial charge in [-0.3, -0.25) is 9.59 Å². The predicted octanol–water partition coefficient (Wildman–Crippen LogP) is 2.81. The summed E-state index contributed by atoms with van der Waals surface area (Å²) in [4.78, 5) is 25.1. The number of benzene rings is 2. The Labute approximate surface area is 200 Å². The van der Waals surface area contributed by atoms with Gasteiger partial charge in [-0.1, -0.05) is 43.6 Å². The Morgan fingerprint density at radius 2 is 1.76 bits per heavy atom. The van der Waals surface area contributed by atoms with Crippen LogP contribution in [0.2, 0.25) is 5.02 Å². The molecule has 3 N–H and O–H groups in total. The van der Waals surface area contributed by atoms with Crippen LogP contribution in [0.5, 0.6) is 0 Å². The lowest BCUT2D eigenvalue weighted by atomic mass is 10.0. The van der Waals surface area contributed by atoms with Crippen molar-refractivity contribution in [3.63, 3.8) is 0 Å². The number of amides is 2. The summed E-state index contributed by atoms with van der Waals surface area (Å²) in [5, 5.41) is 3.12. The monoisotopic (exact) mass is 495 g/mol. The molecule has 1 unspecified atom stereocenters. The summed E-state index contributed by atoms with van der Waals surface area (Å²) in [5.41, 5.74) is 6.41. The van der Waals surface area contributed by atoms with Crippen molar-refractivity contribution in [3.8, 4) is 0 Å². The van der Waals surface area contributed by atoms with E-state index in [1.54, 1.807) is 24.3 Å². The summed E-state index contributed by atoms with van der Waals surface area (Å²) in [7, 11) is -2.62. The fraction of sp³-hybridized carbons (Fsp3) is 0.391. The lowest BCUT2D eigenvalue weighted by molar-refractivity contribution is -0.122. The molecule has 180 valence electrons. The maximum absolute atomic E-state index is 13.6. The second-order valence-electron chi connectivity index (χ2n) is 7.96. The van der Waals surface area contributed by atoms with Gasteiger partial charge in [-0.25, -0.2) is 8.42 Å². The van der Waals surface area contributed by atoms with Crippen LogP contribution in [0.4, 0.5) is 0 Å². The van der Waals surface area contributed by atoms with Crippen LogP contribution < -0.4 is 11.1 Å². The molecule has 0 saturated heterocycles. The summed E-state index contributed by atoms with van der Waals surface area (Å²) < 4.78 is 33.3. The van der Waals surface area contributed by atoms with Gasteiger partial charge in [0.2, 0.25) is 15.9 Å². The molecule has 0 heterocycles. The number of methoxy groups -OCH3 is 1. The fourth-order valence-corrected chi connectivity index (χ4v) is 5.05. The molecule has 0 aliphatic heterocycles. The van der Waals surface area contributed by atoms with Crippen LogP contribution in [-0.4, -0.2) is 50.8 Å². The van der Waals surface area contributed by atoms with E-state index in [-0.39, 0.29) is 29.7 Å². The van der Waals surface area contributed by atoms with E-state index in [1.807, 2.05) is 13.8 Å². The summed E-state index contributed by atoms with van der Waals surface area (Å²) in [5.74, 6) is -1.13. The fourth-order valence-electron chi connectivity index (χ4n) is 3.34. The number of nitrogens with zero attached hydrogens (tertiary/aromatic N) is 1. The maximum atomic E-state index is 13.6. The first-order valence-electron chi connectivity index (χ1n) is 10.5. The second kappa shape index (κ2) is 12.1. The molecule has 8 nitrogen and oxygen atoms in total. The molecule has 33 heavy (non-hydrogen) atoms. The number of carbonyl (C=O) groups excluding carboxylic acids is 2. The first-order chi connectivity index (χ1) is 15.6. The average molecular weight is 496 g/mol. The highest BCUT2D eigenvalue weighted by molar-refractivity contribution is 7.89. The number of sulfonamides is 1. The van der Waals surface area contributed by atoms with Gasteiger partial charge in [0, 0.05) is 30.8 Å². The first-order valence-corrected chi connectivity index (χ1v) is 12.3. The zero-order valence-electron chi connectivity index (χ0n) is 19.0. The number of carbonyl (C=O) groups is 2. The minimum absolute atomic E-state index is 0.00185. The van der Waals surface area contributed by atoms with E-state index in [0.29, 0.717) is 29.3 Å². The van der Waals surface area contributed by atoms with Crippen LogP contribution in [0, 0.1) is 5.92 Å². The van der Waals surface area contributed by atoms with Gasteiger partial charge < -0.3 is 15.8 Å². The zero-order valence-corrected chi connectivity index (χ0v) is 20.5. The van der Waals surface area contributed by atoms with E-state index in [0.717, 1.165) is 4.31 Å². The van der Waals surface area contributed by atoms with Gasteiger partial charge in [-0.15, -0.1) is 0 Å². The molecule has 0 aromatic heterocycles. The van der Waals surface area contributed by atoms with E-state index < -0.39 is 22.0 Å². The molecule has 1 atom stereocenters. The molecule has 0 bridgehead atoms. The Balaban J connectivity index is 2.53. The van der Waals surface area contributed by atoms with Crippen molar-refractivity contribution >= 4 is 33.4 Å². The predicted molar refractivity (Wildman–Crippen MR) is 127 cm³/mol. The van der Waals surface area contributed by atoms with Crippen LogP contribution in [0.25, 0.3) is 0 Å². The molecule has 2 aromatic rings. The van der Waals surface area contributed by atoms with E-state index >= 15 is 0 Å². The molecule has 0 aliphatic rings. The molecule has 0 radical (unpaired) electrons. The van der Waals surface area contributed by atoms with Gasteiger partial charge in [0.25, 0.3) is 5.91 Å². The third-order valence-electron chi connectivity index (χ3n) is 4.97. The number of nitrogens with two attached hydrogens (primary N) is 1. The molecule has 0 fully saturated rings. The first kappa shape index (κ1) is 26.8. The van der Waals surface area contributed by atoms with Crippen LogP contribution in [-0.2, 0) is 26.1 Å². The van der Waals surface area contributed by atoms with Crippen LogP contribution in [0.3, 0.4) is 0 Å². The highest BCUT2D eigenvalue weighted by Gasteiger charge is 2.36. The SMILES string of the molecule is COCCNC(=O)c1ccccc1CN(C(CC(C)C)C(N)=O)S(=O)(=O)c1ccc(Cl)cc1. The summed E-state index contributed by atoms with van der Waals surface area (Å²) in [6.07, 6.45) is 0.227. The topological polar surface area (TPSA) is 119 Å². The highest BCUT2D eigenvalue weighted by atomic mass is 35.5. The highest BCUT2D eigenvalue weighted by Crippen LogP contribution is 2.26. The third kappa shape index (κ3) is 7.26. The number of primary amides is 1. The standard InChI is InChI=1S/C23H30ClN3O5S/c1-16(2)14-21(22(25)28)27(33(30,31)19-10-8-18(24)9-11-19)15-17-6-4-5-7-20(17)23(29)26-12-13-32-3/h4-11,16,21H,12-15H2,1-3H3,(H2,25,28)(H,26,29). The molecular weight excluding hydrogens is 466 g/mol. The average Bonchev–Trinajstić information content (AvgIpc) is 2.76. The van der Waals surface area contributed by atoms with E-state index in [2.05, 4.69) is 5.32 Å². The summed E-state index contributed by atoms with van der Waals surface area (Å²) in [6, 6.07) is 11.2. The molecule has 0 saturated carbocycles. The van der Waals surface area contributed by atoms with E-state index in [9.17, 15) is 18.0 Å². The van der Waals surface area contributed by atoms with E-state index in [4.69, 9.17) is 22.1 Å². The van der Waals surface area contributed by atoms with Crippen LogP contribution >= 0.6 is 11.6 Å². The van der Waals surface area contributed by atoms with Crippen molar-refractivity contribution in [1.29, 1.82) is 0 Å². The van der Waals surface area contributed by atoms with Crippen molar-refractivity contribution in [2.75, 3.05) is 20.3 Å². The Morgan fingerprint density at radius 1 is 1.12 bits per heavy atom. The van der Waals surface area contributed by atoms with Gasteiger partial charge in [0.05, 0.1) is 11.5 Å². The lowest BCUT2D eigenvalue weighted by Gasteiger charge is -2.30. The molecule has 2 aromatic carbocycles. The van der Waals surface area contributed by atoms with E-state index in [1.165, 1.54) is 31.4 Å². The minimum Gasteiger partial charge on any atom is -0.383 e. The molecule has 0 spiro atoms. The molecule has 2 amide bonds. The smallest absolute Gasteiger partial charge is 0.251 e. The molecule has 2 rings (SSSR count). The Bertz CT molecular complexity index is 1060. The van der Waals surface area contributed by atoms with Gasteiger partial charge in [0.1, 0.15) is 6.04 Å². The van der Waals surface area contributed by atoms with Gasteiger partial charge in [0.15, 0.2) is 0 Å². The number of ether oxygens (including phenoxy) is 1. The molecular formula is C23H30ClN3O5S. The largest absolute Gasteiger partial charge is 0.383 e. The number of hydrogen-bond donors (Lipinski definition) is 2. The lowest BCUT2D eigenvalue weighted by Crippen LogP contribution is -2.48. The normalized spacial score (nSPS) is 12.7. The Hall–Kier alpha value is -2.46. The zero-order chi connectivity index (χ0) is 24.6. The second-order valence-corrected chi connectivity index (χ2v) is 10.3. The number of nitrogens with one attached hydrogen (secondary N) is 1. The quantitative estimate of drug-likeness (QED) is 0.439. The third-order valence-corrected chi connectivity index (χ3v) is 7.09. The maximum Gasteiger partial charge on any atom is 0.251 e. The van der Waals surface area contributed by atoms with Crippen molar-refractivity contribution in [3.05, 3.63) is 64.7 Å². The molecule has 10 heteroatoms. The van der Waals surface area contributed by atoms with Crippen molar-refractivity contribution in [2.24, 2.45) is 11.7 Å². The van der Waals surface area contributed by atoms with Crippen LogP contribution in [0.1, 0.15) is 36.2 Å². The summed E-state index contributed by atoms with van der Waals surface area (Å²) in [6.45, 7) is 4.18. The van der Waals surface area contributed by atoms with Gasteiger partial charge in [-0.2, -0.15) is 4.31 Å². The molecule has 0 aliphatic carbocycles. The van der Waals surface area contributed by atoms with Crippen molar-refractivity contribution < 1.29 is 22.7 Å².